The van der Waals surface area contributed by atoms with Crippen molar-refractivity contribution in [2.24, 2.45) is 0 Å². The summed E-state index contributed by atoms with van der Waals surface area (Å²) in [4.78, 5) is 16.3. The normalized spacial score (nSPS) is 11.2. The molecule has 2 aromatic heterocycles. The highest BCUT2D eigenvalue weighted by Crippen LogP contribution is 2.26. The summed E-state index contributed by atoms with van der Waals surface area (Å²) in [6, 6.07) is 2.61. The Morgan fingerprint density at radius 1 is 1.15 bits per heavy atom. The van der Waals surface area contributed by atoms with E-state index in [-0.39, 0.29) is 11.3 Å². The molecule has 3 rings (SSSR count). The van der Waals surface area contributed by atoms with Crippen molar-refractivity contribution in [2.45, 2.75) is 6.92 Å². The van der Waals surface area contributed by atoms with Crippen LogP contribution in [0, 0.1) is 24.4 Å². The van der Waals surface area contributed by atoms with Crippen LogP contribution in [0.3, 0.4) is 0 Å². The molecule has 3 aromatic rings. The maximum Gasteiger partial charge on any atom is 0.281 e. The lowest BCUT2D eigenvalue weighted by atomic mass is 10.0. The van der Waals surface area contributed by atoms with Crippen molar-refractivity contribution in [1.29, 1.82) is 0 Å². The van der Waals surface area contributed by atoms with Crippen LogP contribution in [0.4, 0.5) is 13.2 Å². The number of nitrogens with zero attached hydrogens (tertiary/aromatic N) is 2. The number of fused-ring (bicyclic) bond motifs is 1. The van der Waals surface area contributed by atoms with Crippen molar-refractivity contribution in [3.63, 3.8) is 0 Å². The van der Waals surface area contributed by atoms with E-state index in [4.69, 9.17) is 0 Å². The second-order valence-electron chi connectivity index (χ2n) is 4.28. The fourth-order valence-electron chi connectivity index (χ4n) is 2.14. The average Bonchev–Trinajstić information content (AvgIpc) is 2.80. The lowest BCUT2D eigenvalue weighted by Gasteiger charge is -2.08. The van der Waals surface area contributed by atoms with Crippen LogP contribution in [0.1, 0.15) is 5.69 Å². The van der Waals surface area contributed by atoms with E-state index in [1.807, 2.05) is 0 Å². The maximum atomic E-state index is 13.8. The van der Waals surface area contributed by atoms with Gasteiger partial charge in [-0.2, -0.15) is 0 Å². The number of hydrogen-bond donors (Lipinski definition) is 1. The van der Waals surface area contributed by atoms with Gasteiger partial charge < -0.3 is 0 Å². The molecule has 102 valence electrons. The topological polar surface area (TPSA) is 50.2 Å². The van der Waals surface area contributed by atoms with E-state index in [1.165, 1.54) is 13.1 Å². The van der Waals surface area contributed by atoms with E-state index in [2.05, 4.69) is 10.1 Å². The molecule has 0 unspecified atom stereocenters. The Morgan fingerprint density at radius 3 is 2.45 bits per heavy atom. The minimum Gasteiger partial charge on any atom is -0.297 e. The van der Waals surface area contributed by atoms with E-state index in [1.54, 1.807) is 6.07 Å². The Labute approximate surface area is 110 Å². The summed E-state index contributed by atoms with van der Waals surface area (Å²) in [5.74, 6) is -3.33. The highest BCUT2D eigenvalue weighted by atomic mass is 19.1. The second-order valence-corrected chi connectivity index (χ2v) is 4.28. The molecule has 0 atom stereocenters. The molecule has 1 aromatic carbocycles. The van der Waals surface area contributed by atoms with E-state index in [0.717, 1.165) is 4.52 Å². The minimum atomic E-state index is -1.14. The molecule has 0 radical (unpaired) electrons. The van der Waals surface area contributed by atoms with E-state index in [9.17, 15) is 18.0 Å². The Kier molecular flexibility index (Phi) is 2.63. The minimum absolute atomic E-state index is 0.166. The summed E-state index contributed by atoms with van der Waals surface area (Å²) in [6.45, 7) is 1.46. The number of halogens is 3. The predicted molar refractivity (Wildman–Crippen MR) is 65.9 cm³/mol. The molecule has 0 spiro atoms. The lowest BCUT2D eigenvalue weighted by Crippen LogP contribution is -2.20. The molecular formula is C13H8F3N3O. The smallest absolute Gasteiger partial charge is 0.281 e. The van der Waals surface area contributed by atoms with Crippen molar-refractivity contribution in [3.8, 4) is 11.1 Å². The Hall–Kier alpha value is -2.57. The number of aromatic nitrogens is 3. The van der Waals surface area contributed by atoms with Crippen molar-refractivity contribution in [2.75, 3.05) is 0 Å². The molecule has 0 aliphatic carbocycles. The van der Waals surface area contributed by atoms with E-state index < -0.39 is 28.6 Å². The molecule has 0 aliphatic heterocycles. The molecule has 1 N–H and O–H groups in total. The average molecular weight is 279 g/mol. The lowest BCUT2D eigenvalue weighted by molar-refractivity contribution is 0.547. The highest BCUT2D eigenvalue weighted by Gasteiger charge is 2.21. The van der Waals surface area contributed by atoms with Crippen molar-refractivity contribution in [3.05, 3.63) is 57.9 Å². The summed E-state index contributed by atoms with van der Waals surface area (Å²) >= 11 is 0. The first-order valence-corrected chi connectivity index (χ1v) is 5.70. The molecule has 0 fully saturated rings. The fraction of sp³-hybridized carbons (Fsp3) is 0.0769. The van der Waals surface area contributed by atoms with Gasteiger partial charge in [0.2, 0.25) is 0 Å². The number of rotatable bonds is 1. The Bertz CT molecular complexity index is 859. The molecule has 0 amide bonds. The number of aryl methyl sites for hydroxylation is 1. The van der Waals surface area contributed by atoms with Crippen molar-refractivity contribution < 1.29 is 13.2 Å². The molecule has 4 nitrogen and oxygen atoms in total. The van der Waals surface area contributed by atoms with Gasteiger partial charge in [-0.05, 0) is 6.92 Å². The first-order chi connectivity index (χ1) is 9.49. The van der Waals surface area contributed by atoms with Crippen molar-refractivity contribution >= 4 is 5.65 Å². The summed E-state index contributed by atoms with van der Waals surface area (Å²) in [5, 5.41) is 2.60. The van der Waals surface area contributed by atoms with Gasteiger partial charge >= 0.3 is 0 Å². The number of benzene rings is 1. The van der Waals surface area contributed by atoms with Crippen molar-refractivity contribution in [1.82, 2.24) is 14.6 Å². The van der Waals surface area contributed by atoms with Gasteiger partial charge in [-0.25, -0.2) is 22.7 Å². The third-order valence-electron chi connectivity index (χ3n) is 2.98. The highest BCUT2D eigenvalue weighted by molar-refractivity contribution is 5.67. The van der Waals surface area contributed by atoms with Crippen LogP contribution in [0.5, 0.6) is 0 Å². The van der Waals surface area contributed by atoms with Gasteiger partial charge in [0.05, 0.1) is 16.8 Å². The molecule has 20 heavy (non-hydrogen) atoms. The zero-order valence-corrected chi connectivity index (χ0v) is 10.2. The Balaban J connectivity index is 2.44. The molecule has 0 saturated carbocycles. The van der Waals surface area contributed by atoms with E-state index >= 15 is 0 Å². The van der Waals surface area contributed by atoms with Gasteiger partial charge in [0.1, 0.15) is 17.5 Å². The first kappa shape index (κ1) is 12.5. The molecule has 0 aliphatic rings. The summed E-state index contributed by atoms with van der Waals surface area (Å²) < 4.78 is 41.6. The molecular weight excluding hydrogens is 271 g/mol. The zero-order valence-electron chi connectivity index (χ0n) is 10.2. The van der Waals surface area contributed by atoms with Gasteiger partial charge in [-0.1, -0.05) is 0 Å². The number of aromatic amines is 1. The van der Waals surface area contributed by atoms with Crippen LogP contribution >= 0.6 is 0 Å². The van der Waals surface area contributed by atoms with Crippen LogP contribution in [-0.4, -0.2) is 14.6 Å². The quantitative estimate of drug-likeness (QED) is 0.743. The molecule has 2 heterocycles. The third-order valence-corrected chi connectivity index (χ3v) is 2.98. The van der Waals surface area contributed by atoms with Gasteiger partial charge in [0.25, 0.3) is 5.56 Å². The van der Waals surface area contributed by atoms with Crippen LogP contribution in [0.15, 0.2) is 29.2 Å². The van der Waals surface area contributed by atoms with Crippen LogP contribution in [0.25, 0.3) is 16.8 Å². The zero-order chi connectivity index (χ0) is 14.4. The summed E-state index contributed by atoms with van der Waals surface area (Å²) in [7, 11) is 0. The Morgan fingerprint density at radius 2 is 1.80 bits per heavy atom. The standard InChI is InChI=1S/C13H8F3N3O/c1-6-11(12-8(15)4-7(14)5-9(12)16)13(20)19-10(18-6)2-3-17-19/h2-5,17H,1H3. The summed E-state index contributed by atoms with van der Waals surface area (Å²) in [5.41, 5.74) is -0.967. The van der Waals surface area contributed by atoms with E-state index in [0.29, 0.717) is 17.8 Å². The molecule has 0 bridgehead atoms. The molecule has 0 saturated heterocycles. The SMILES string of the molecule is Cc1nc2cc[nH]n2c(=O)c1-c1c(F)cc(F)cc1F. The van der Waals surface area contributed by atoms with Gasteiger partial charge in [-0.3, -0.25) is 9.89 Å². The van der Waals surface area contributed by atoms with Crippen LogP contribution in [0.2, 0.25) is 0 Å². The number of H-pyrrole nitrogens is 1. The number of nitrogens with one attached hydrogen (secondary N) is 1. The third kappa shape index (κ3) is 1.70. The summed E-state index contributed by atoms with van der Waals surface area (Å²) in [6.07, 6.45) is 1.48. The molecule has 7 heteroatoms. The first-order valence-electron chi connectivity index (χ1n) is 5.70. The van der Waals surface area contributed by atoms with Gasteiger partial charge in [0, 0.05) is 24.4 Å². The number of hydrogen-bond acceptors (Lipinski definition) is 2. The monoisotopic (exact) mass is 279 g/mol. The largest absolute Gasteiger partial charge is 0.297 e. The predicted octanol–water partition coefficient (Wildman–Crippen LogP) is 2.42. The van der Waals surface area contributed by atoms with Crippen LogP contribution < -0.4 is 5.56 Å². The second kappa shape index (κ2) is 4.22. The van der Waals surface area contributed by atoms with Gasteiger partial charge in [0.15, 0.2) is 5.65 Å². The maximum absolute atomic E-state index is 13.8. The van der Waals surface area contributed by atoms with Gasteiger partial charge in [-0.15, -0.1) is 0 Å². The fourth-order valence-corrected chi connectivity index (χ4v) is 2.14. The van der Waals surface area contributed by atoms with Crippen LogP contribution in [-0.2, 0) is 0 Å².